The van der Waals surface area contributed by atoms with Gasteiger partial charge in [-0.05, 0) is 40.8 Å². The first-order valence-electron chi connectivity index (χ1n) is 8.68. The Morgan fingerprint density at radius 1 is 1.00 bits per heavy atom. The summed E-state index contributed by atoms with van der Waals surface area (Å²) >= 11 is 0. The highest BCUT2D eigenvalue weighted by atomic mass is 16.5. The van der Waals surface area contributed by atoms with Gasteiger partial charge in [-0.1, -0.05) is 31.2 Å². The van der Waals surface area contributed by atoms with Gasteiger partial charge in [-0.3, -0.25) is 4.79 Å². The van der Waals surface area contributed by atoms with E-state index in [1.807, 2.05) is 6.92 Å². The molecule has 0 heterocycles. The van der Waals surface area contributed by atoms with Crippen molar-refractivity contribution >= 4 is 27.5 Å². The van der Waals surface area contributed by atoms with Crippen LogP contribution < -0.4 is 9.47 Å². The normalized spacial score (nSPS) is 12.2. The van der Waals surface area contributed by atoms with Gasteiger partial charge >= 0.3 is 5.97 Å². The van der Waals surface area contributed by atoms with Crippen LogP contribution in [-0.4, -0.2) is 26.8 Å². The highest BCUT2D eigenvalue weighted by Crippen LogP contribution is 2.43. The molecule has 4 heteroatoms. The van der Waals surface area contributed by atoms with E-state index >= 15 is 0 Å². The predicted molar refractivity (Wildman–Crippen MR) is 104 cm³/mol. The second-order valence-corrected chi connectivity index (χ2v) is 6.56. The molecular weight excluding hydrogens is 328 g/mol. The highest BCUT2D eigenvalue weighted by molar-refractivity contribution is 6.11. The lowest BCUT2D eigenvalue weighted by Gasteiger charge is -2.21. The number of esters is 1. The predicted octanol–water partition coefficient (Wildman–Crippen LogP) is 4.99. The van der Waals surface area contributed by atoms with Crippen LogP contribution in [0, 0.1) is 6.92 Å². The minimum absolute atomic E-state index is 0.0543. The topological polar surface area (TPSA) is 44.8 Å². The molecule has 3 rings (SSSR count). The number of carbonyl (C=O) groups is 1. The van der Waals surface area contributed by atoms with Gasteiger partial charge in [0, 0.05) is 23.8 Å². The molecule has 3 aromatic carbocycles. The number of rotatable bonds is 5. The molecule has 0 bridgehead atoms. The molecule has 0 aromatic heterocycles. The molecule has 0 saturated carbocycles. The first-order valence-corrected chi connectivity index (χ1v) is 8.68. The lowest BCUT2D eigenvalue weighted by atomic mass is 9.92. The molecule has 0 saturated heterocycles. The molecule has 1 unspecified atom stereocenters. The molecule has 0 aliphatic rings. The molecule has 4 nitrogen and oxygen atoms in total. The number of methoxy groups -OCH3 is 2. The third-order valence-corrected chi connectivity index (χ3v) is 4.80. The fraction of sp³-hybridized carbons (Fsp3) is 0.318. The molecule has 136 valence electrons. The summed E-state index contributed by atoms with van der Waals surface area (Å²) < 4.78 is 16.7. The molecule has 3 aromatic rings. The molecule has 0 N–H and O–H groups in total. The largest absolute Gasteiger partial charge is 0.496 e. The van der Waals surface area contributed by atoms with Crippen LogP contribution >= 0.6 is 0 Å². The van der Waals surface area contributed by atoms with Gasteiger partial charge in [0.05, 0.1) is 20.8 Å². The quantitative estimate of drug-likeness (QED) is 0.479. The van der Waals surface area contributed by atoms with Crippen molar-refractivity contribution in [2.75, 3.05) is 20.8 Å². The van der Waals surface area contributed by atoms with E-state index < -0.39 is 0 Å². The third-order valence-electron chi connectivity index (χ3n) is 4.80. The summed E-state index contributed by atoms with van der Waals surface area (Å²) in [4.78, 5) is 11.2. The summed E-state index contributed by atoms with van der Waals surface area (Å²) in [7, 11) is 3.32. The van der Waals surface area contributed by atoms with Crippen LogP contribution in [-0.2, 0) is 9.53 Å². The fourth-order valence-electron chi connectivity index (χ4n) is 3.54. The molecule has 0 radical (unpaired) electrons. The van der Waals surface area contributed by atoms with Gasteiger partial charge < -0.3 is 14.2 Å². The Balaban J connectivity index is 2.29. The van der Waals surface area contributed by atoms with Gasteiger partial charge in [0.2, 0.25) is 0 Å². The Labute approximate surface area is 153 Å². The van der Waals surface area contributed by atoms with Crippen molar-refractivity contribution < 1.29 is 19.0 Å². The van der Waals surface area contributed by atoms with E-state index in [9.17, 15) is 4.79 Å². The maximum atomic E-state index is 11.2. The van der Waals surface area contributed by atoms with Crippen LogP contribution in [0.5, 0.6) is 11.5 Å². The molecule has 1 atom stereocenters. The van der Waals surface area contributed by atoms with Crippen LogP contribution in [0.4, 0.5) is 0 Å². The van der Waals surface area contributed by atoms with Gasteiger partial charge in [-0.2, -0.15) is 0 Å². The number of hydrogen-bond donors (Lipinski definition) is 0. The number of benzene rings is 3. The van der Waals surface area contributed by atoms with Crippen molar-refractivity contribution in [1.29, 1.82) is 0 Å². The van der Waals surface area contributed by atoms with Gasteiger partial charge in [0.25, 0.3) is 0 Å². The van der Waals surface area contributed by atoms with Crippen LogP contribution in [0.2, 0.25) is 0 Å². The average molecular weight is 352 g/mol. The van der Waals surface area contributed by atoms with E-state index in [1.165, 1.54) is 23.3 Å². The first-order chi connectivity index (χ1) is 12.5. The molecule has 0 aliphatic heterocycles. The van der Waals surface area contributed by atoms with Crippen molar-refractivity contribution in [2.24, 2.45) is 0 Å². The van der Waals surface area contributed by atoms with Crippen LogP contribution in [0.25, 0.3) is 21.5 Å². The van der Waals surface area contributed by atoms with E-state index in [4.69, 9.17) is 14.2 Å². The lowest BCUT2D eigenvalue weighted by Crippen LogP contribution is -2.10. The summed E-state index contributed by atoms with van der Waals surface area (Å²) in [6, 6.07) is 12.6. The van der Waals surface area contributed by atoms with Crippen molar-refractivity contribution in [3.05, 3.63) is 47.5 Å². The van der Waals surface area contributed by atoms with Crippen molar-refractivity contribution in [2.45, 2.75) is 26.7 Å². The van der Waals surface area contributed by atoms with Crippen molar-refractivity contribution in [1.82, 2.24) is 0 Å². The number of carbonyl (C=O) groups excluding carboxylic acids is 1. The number of aryl methyl sites for hydroxylation is 1. The smallest absolute Gasteiger partial charge is 0.302 e. The minimum atomic E-state index is -0.294. The molecular formula is C22H24O4. The molecule has 26 heavy (non-hydrogen) atoms. The Hall–Kier alpha value is -2.75. The maximum Gasteiger partial charge on any atom is 0.302 e. The summed E-state index contributed by atoms with van der Waals surface area (Å²) in [6.07, 6.45) is 0. The number of fused-ring (bicyclic) bond motifs is 3. The summed E-state index contributed by atoms with van der Waals surface area (Å²) in [5.41, 5.74) is 2.14. The molecule has 0 amide bonds. The Morgan fingerprint density at radius 2 is 1.73 bits per heavy atom. The van der Waals surface area contributed by atoms with E-state index in [2.05, 4.69) is 43.3 Å². The van der Waals surface area contributed by atoms with Crippen LogP contribution in [0.3, 0.4) is 0 Å². The van der Waals surface area contributed by atoms with Crippen LogP contribution in [0.15, 0.2) is 36.4 Å². The summed E-state index contributed by atoms with van der Waals surface area (Å²) in [5, 5.41) is 4.49. The molecule has 0 fully saturated rings. The van der Waals surface area contributed by atoms with Gasteiger partial charge in [0.15, 0.2) is 0 Å². The SMILES string of the molecule is COc1cc2c(ccc3c(C)cccc32)c(OC)c1C(C)COC(C)=O. The van der Waals surface area contributed by atoms with Crippen molar-refractivity contribution in [3.63, 3.8) is 0 Å². The van der Waals surface area contributed by atoms with Gasteiger partial charge in [-0.25, -0.2) is 0 Å². The third kappa shape index (κ3) is 3.07. The van der Waals surface area contributed by atoms with Gasteiger partial charge in [0.1, 0.15) is 11.5 Å². The van der Waals surface area contributed by atoms with Gasteiger partial charge in [-0.15, -0.1) is 0 Å². The Bertz CT molecular complexity index is 975. The van der Waals surface area contributed by atoms with Crippen LogP contribution in [0.1, 0.15) is 30.9 Å². The Morgan fingerprint density at radius 3 is 2.38 bits per heavy atom. The van der Waals surface area contributed by atoms with E-state index in [0.717, 1.165) is 27.8 Å². The lowest BCUT2D eigenvalue weighted by molar-refractivity contribution is -0.141. The fourth-order valence-corrected chi connectivity index (χ4v) is 3.54. The van der Waals surface area contributed by atoms with E-state index in [-0.39, 0.29) is 18.5 Å². The second-order valence-electron chi connectivity index (χ2n) is 6.56. The van der Waals surface area contributed by atoms with E-state index in [1.54, 1.807) is 14.2 Å². The maximum absolute atomic E-state index is 11.2. The molecule has 0 spiro atoms. The van der Waals surface area contributed by atoms with Crippen molar-refractivity contribution in [3.8, 4) is 11.5 Å². The zero-order valence-corrected chi connectivity index (χ0v) is 15.9. The zero-order chi connectivity index (χ0) is 18.8. The highest BCUT2D eigenvalue weighted by Gasteiger charge is 2.22. The number of ether oxygens (including phenoxy) is 3. The summed E-state index contributed by atoms with van der Waals surface area (Å²) in [6.45, 7) is 5.80. The number of hydrogen-bond acceptors (Lipinski definition) is 4. The zero-order valence-electron chi connectivity index (χ0n) is 15.9. The second kappa shape index (κ2) is 7.24. The standard InChI is InChI=1S/C22H24O4/c1-13-7-6-8-17-16(13)9-10-18-19(17)11-20(24-4)21(22(18)25-5)14(2)12-26-15(3)23/h6-11,14H,12H2,1-5H3. The summed E-state index contributed by atoms with van der Waals surface area (Å²) in [5.74, 6) is 1.16. The van der Waals surface area contributed by atoms with E-state index in [0.29, 0.717) is 0 Å². The molecule has 0 aliphatic carbocycles. The monoisotopic (exact) mass is 352 g/mol. The first kappa shape index (κ1) is 18.1. The average Bonchev–Trinajstić information content (AvgIpc) is 2.64. The Kier molecular flexibility index (Phi) is 5.03. The minimum Gasteiger partial charge on any atom is -0.496 e.